The molecule has 0 radical (unpaired) electrons. The van der Waals surface area contributed by atoms with Crippen LogP contribution in [0.2, 0.25) is 0 Å². The first kappa shape index (κ1) is 16.7. The van der Waals surface area contributed by atoms with E-state index < -0.39 is 0 Å². The molecule has 0 saturated carbocycles. The van der Waals surface area contributed by atoms with E-state index >= 15 is 0 Å². The Balaban J connectivity index is 2.21. The average Bonchev–Trinajstić information content (AvgIpc) is 2.89. The molecule has 0 unspecified atom stereocenters. The molecule has 0 aliphatic heterocycles. The first-order chi connectivity index (χ1) is 9.71. The summed E-state index contributed by atoms with van der Waals surface area (Å²) in [4.78, 5) is 11.2. The minimum Gasteiger partial charge on any atom is -0.466 e. The van der Waals surface area contributed by atoms with Gasteiger partial charge in [-0.25, -0.2) is 0 Å². The van der Waals surface area contributed by atoms with Crippen molar-refractivity contribution in [3.05, 3.63) is 18.0 Å². The Morgan fingerprint density at radius 3 is 2.80 bits per heavy atom. The smallest absolute Gasteiger partial charge is 0.305 e. The van der Waals surface area contributed by atoms with Crippen LogP contribution in [-0.2, 0) is 16.1 Å². The van der Waals surface area contributed by atoms with E-state index in [0.29, 0.717) is 19.1 Å². The number of esters is 1. The monoisotopic (exact) mass is 281 g/mol. The van der Waals surface area contributed by atoms with Gasteiger partial charge in [0.15, 0.2) is 0 Å². The van der Waals surface area contributed by atoms with Gasteiger partial charge in [-0.2, -0.15) is 5.10 Å². The number of rotatable bonds is 10. The maximum atomic E-state index is 11.2. The third-order valence-corrected chi connectivity index (χ3v) is 3.33. The fourth-order valence-electron chi connectivity index (χ4n) is 2.15. The third kappa shape index (κ3) is 5.74. The summed E-state index contributed by atoms with van der Waals surface area (Å²) in [5.74, 6) is -0.118. The summed E-state index contributed by atoms with van der Waals surface area (Å²) in [6, 6.07) is 2.55. The summed E-state index contributed by atoms with van der Waals surface area (Å²) in [6.45, 7) is 8.20. The van der Waals surface area contributed by atoms with Crippen molar-refractivity contribution in [3.8, 4) is 0 Å². The molecule has 0 fully saturated rings. The van der Waals surface area contributed by atoms with Crippen molar-refractivity contribution in [2.75, 3.05) is 13.2 Å². The molecule has 0 amide bonds. The average molecular weight is 281 g/mol. The Kier molecular flexibility index (Phi) is 7.95. The van der Waals surface area contributed by atoms with Crippen LogP contribution in [0.5, 0.6) is 0 Å². The molecule has 0 aliphatic carbocycles. The summed E-state index contributed by atoms with van der Waals surface area (Å²) >= 11 is 0. The van der Waals surface area contributed by atoms with Gasteiger partial charge >= 0.3 is 5.97 Å². The Bertz CT molecular complexity index is 386. The molecule has 5 heteroatoms. The summed E-state index contributed by atoms with van der Waals surface area (Å²) in [5, 5.41) is 7.88. The fraction of sp³-hybridized carbons (Fsp3) is 0.733. The van der Waals surface area contributed by atoms with Crippen molar-refractivity contribution in [1.82, 2.24) is 15.1 Å². The van der Waals surface area contributed by atoms with E-state index in [9.17, 15) is 4.79 Å². The van der Waals surface area contributed by atoms with Gasteiger partial charge in [-0.05, 0) is 38.8 Å². The first-order valence-corrected chi connectivity index (χ1v) is 7.61. The molecule has 5 nitrogen and oxygen atoms in total. The molecule has 0 aliphatic rings. The van der Waals surface area contributed by atoms with E-state index in [1.807, 2.05) is 13.1 Å². The van der Waals surface area contributed by atoms with Crippen LogP contribution in [-0.4, -0.2) is 28.9 Å². The predicted molar refractivity (Wildman–Crippen MR) is 79.4 cm³/mol. The van der Waals surface area contributed by atoms with Gasteiger partial charge in [0.05, 0.1) is 18.3 Å². The number of carbonyl (C=O) groups excluding carboxylic acids is 1. The van der Waals surface area contributed by atoms with E-state index in [2.05, 4.69) is 35.0 Å². The molecular weight excluding hydrogens is 254 g/mol. The minimum absolute atomic E-state index is 0.118. The number of aromatic nitrogens is 2. The molecule has 0 spiro atoms. The van der Waals surface area contributed by atoms with Crippen molar-refractivity contribution in [2.24, 2.45) is 0 Å². The zero-order valence-corrected chi connectivity index (χ0v) is 12.9. The van der Waals surface area contributed by atoms with Gasteiger partial charge in [-0.15, -0.1) is 0 Å². The van der Waals surface area contributed by atoms with Crippen LogP contribution < -0.4 is 5.32 Å². The van der Waals surface area contributed by atoms with Crippen LogP contribution in [0.15, 0.2) is 12.3 Å². The summed E-state index contributed by atoms with van der Waals surface area (Å²) in [5.41, 5.74) is 1.05. The normalized spacial score (nSPS) is 11.0. The highest BCUT2D eigenvalue weighted by Crippen LogP contribution is 2.14. The maximum Gasteiger partial charge on any atom is 0.305 e. The number of carbonyl (C=O) groups is 1. The van der Waals surface area contributed by atoms with Crippen LogP contribution in [0.4, 0.5) is 0 Å². The zero-order chi connectivity index (χ0) is 14.8. The Labute approximate surface area is 121 Å². The molecule has 1 heterocycles. The molecule has 0 saturated heterocycles. The van der Waals surface area contributed by atoms with Gasteiger partial charge < -0.3 is 10.1 Å². The highest BCUT2D eigenvalue weighted by atomic mass is 16.5. The number of ether oxygens (including phenoxy) is 1. The van der Waals surface area contributed by atoms with Crippen molar-refractivity contribution >= 4 is 5.97 Å². The van der Waals surface area contributed by atoms with Crippen LogP contribution in [0.3, 0.4) is 0 Å². The topological polar surface area (TPSA) is 56.1 Å². The van der Waals surface area contributed by atoms with Gasteiger partial charge in [-0.1, -0.05) is 13.8 Å². The lowest BCUT2D eigenvalue weighted by Crippen LogP contribution is -2.17. The Morgan fingerprint density at radius 1 is 1.40 bits per heavy atom. The quantitative estimate of drug-likeness (QED) is 0.529. The molecule has 0 bridgehead atoms. The van der Waals surface area contributed by atoms with E-state index in [4.69, 9.17) is 4.74 Å². The lowest BCUT2D eigenvalue weighted by atomic mass is 10.2. The second-order valence-corrected chi connectivity index (χ2v) is 4.84. The van der Waals surface area contributed by atoms with Gasteiger partial charge in [0.1, 0.15) is 0 Å². The lowest BCUT2D eigenvalue weighted by Gasteiger charge is -2.12. The zero-order valence-electron chi connectivity index (χ0n) is 12.9. The van der Waals surface area contributed by atoms with Crippen molar-refractivity contribution in [3.63, 3.8) is 0 Å². The summed E-state index contributed by atoms with van der Waals surface area (Å²) in [6.07, 6.45) is 5.53. The number of hydrogen-bond acceptors (Lipinski definition) is 4. The number of nitrogens with one attached hydrogen (secondary N) is 1. The molecule has 1 rings (SSSR count). The van der Waals surface area contributed by atoms with Crippen molar-refractivity contribution < 1.29 is 9.53 Å². The maximum absolute atomic E-state index is 11.2. The van der Waals surface area contributed by atoms with E-state index in [1.54, 1.807) is 0 Å². The minimum atomic E-state index is -0.118. The largest absolute Gasteiger partial charge is 0.466 e. The van der Waals surface area contributed by atoms with Crippen LogP contribution in [0.1, 0.15) is 58.2 Å². The van der Waals surface area contributed by atoms with Crippen LogP contribution in [0, 0.1) is 0 Å². The highest BCUT2D eigenvalue weighted by Gasteiger charge is 2.07. The lowest BCUT2D eigenvalue weighted by molar-refractivity contribution is -0.143. The molecule has 114 valence electrons. The predicted octanol–water partition coefficient (Wildman–Crippen LogP) is 2.68. The molecule has 0 aromatic carbocycles. The molecule has 1 aromatic rings. The van der Waals surface area contributed by atoms with E-state index in [-0.39, 0.29) is 5.97 Å². The Hall–Kier alpha value is -1.36. The van der Waals surface area contributed by atoms with Crippen molar-refractivity contribution in [1.29, 1.82) is 0 Å². The Morgan fingerprint density at radius 2 is 2.15 bits per heavy atom. The summed E-state index contributed by atoms with van der Waals surface area (Å²) in [7, 11) is 0. The van der Waals surface area contributed by atoms with Gasteiger partial charge in [0, 0.05) is 19.2 Å². The molecular formula is C15H27N3O2. The number of hydrogen-bond donors (Lipinski definition) is 1. The second kappa shape index (κ2) is 9.53. The SMILES string of the molecule is CCOC(=O)CCCNCc1ccn(C(CC)CC)n1. The fourth-order valence-corrected chi connectivity index (χ4v) is 2.15. The molecule has 1 N–H and O–H groups in total. The van der Waals surface area contributed by atoms with Crippen molar-refractivity contribution in [2.45, 2.75) is 59.0 Å². The second-order valence-electron chi connectivity index (χ2n) is 4.84. The molecule has 0 atom stereocenters. The molecule has 1 aromatic heterocycles. The van der Waals surface area contributed by atoms with E-state index in [0.717, 1.165) is 38.0 Å². The van der Waals surface area contributed by atoms with E-state index in [1.165, 1.54) is 0 Å². The third-order valence-electron chi connectivity index (χ3n) is 3.33. The molecule has 20 heavy (non-hydrogen) atoms. The summed E-state index contributed by atoms with van der Waals surface area (Å²) < 4.78 is 6.93. The standard InChI is InChI=1S/C15H27N3O2/c1-4-14(5-2)18-11-9-13(17-18)12-16-10-7-8-15(19)20-6-3/h9,11,14,16H,4-8,10,12H2,1-3H3. The highest BCUT2D eigenvalue weighted by molar-refractivity contribution is 5.69. The number of nitrogens with zero attached hydrogens (tertiary/aromatic N) is 2. The van der Waals surface area contributed by atoms with Gasteiger partial charge in [-0.3, -0.25) is 9.48 Å². The van der Waals surface area contributed by atoms with Crippen LogP contribution >= 0.6 is 0 Å². The van der Waals surface area contributed by atoms with Crippen LogP contribution in [0.25, 0.3) is 0 Å². The van der Waals surface area contributed by atoms with Gasteiger partial charge in [0.2, 0.25) is 0 Å². The first-order valence-electron chi connectivity index (χ1n) is 7.61. The van der Waals surface area contributed by atoms with Gasteiger partial charge in [0.25, 0.3) is 0 Å².